The number of hydrogen-bond acceptors (Lipinski definition) is 5. The second-order valence-corrected chi connectivity index (χ2v) is 10.5. The Hall–Kier alpha value is -2.90. The van der Waals surface area contributed by atoms with Gasteiger partial charge in [-0.25, -0.2) is 14.8 Å². The molecular weight excluding hydrogens is 464 g/mol. The third-order valence-corrected chi connectivity index (χ3v) is 7.95. The second-order valence-electron chi connectivity index (χ2n) is 10.0. The van der Waals surface area contributed by atoms with Crippen LogP contribution in [-0.4, -0.2) is 44.2 Å². The first-order valence-corrected chi connectivity index (χ1v) is 12.8. The molecule has 182 valence electrons. The normalized spacial score (nSPS) is 23.6. The maximum absolute atomic E-state index is 11.5. The quantitative estimate of drug-likeness (QED) is 0.438. The van der Waals surface area contributed by atoms with Crippen molar-refractivity contribution in [3.8, 4) is 11.1 Å². The molecule has 2 N–H and O–H groups in total. The molecule has 2 aromatic heterocycles. The van der Waals surface area contributed by atoms with E-state index < -0.39 is 5.97 Å². The largest absolute Gasteiger partial charge is 0.477 e. The van der Waals surface area contributed by atoms with E-state index in [-0.39, 0.29) is 23.9 Å². The standard InChI is InChI=1S/C27H29ClN4O3/c1-15-10-24(26(33)34)31-27(30-15)32-17-8-9-18(32)12-19(11-17)35-14-22-21(13-29-25(22)16-6-7-16)20-4-2-3-5-23(20)28/h2-5,10,13,16-19,29H,6-9,11-12,14H2,1H3,(H,33,34). The van der Waals surface area contributed by atoms with E-state index in [1.54, 1.807) is 0 Å². The third-order valence-electron chi connectivity index (χ3n) is 7.62. The topological polar surface area (TPSA) is 91.3 Å². The molecule has 2 unspecified atom stereocenters. The fourth-order valence-corrected chi connectivity index (χ4v) is 6.09. The molecular formula is C27H29ClN4O3. The third kappa shape index (κ3) is 4.32. The molecule has 1 aliphatic carbocycles. The number of nitrogens with one attached hydrogen (secondary N) is 1. The summed E-state index contributed by atoms with van der Waals surface area (Å²) >= 11 is 6.54. The van der Waals surface area contributed by atoms with Crippen molar-refractivity contribution in [2.24, 2.45) is 0 Å². The molecule has 2 saturated heterocycles. The molecule has 1 aromatic carbocycles. The van der Waals surface area contributed by atoms with E-state index in [0.717, 1.165) is 41.8 Å². The Balaban J connectivity index is 1.20. The lowest BCUT2D eigenvalue weighted by Crippen LogP contribution is -2.46. The number of H-pyrrole nitrogens is 1. The molecule has 6 rings (SSSR count). The highest BCUT2D eigenvalue weighted by Crippen LogP contribution is 2.45. The van der Waals surface area contributed by atoms with Crippen molar-refractivity contribution in [2.75, 3.05) is 4.90 Å². The lowest BCUT2D eigenvalue weighted by molar-refractivity contribution is 0.0148. The Morgan fingerprint density at radius 1 is 1.14 bits per heavy atom. The van der Waals surface area contributed by atoms with E-state index in [2.05, 4.69) is 32.1 Å². The number of aryl methyl sites for hydroxylation is 1. The van der Waals surface area contributed by atoms with Gasteiger partial charge < -0.3 is 19.7 Å². The molecule has 3 aromatic rings. The summed E-state index contributed by atoms with van der Waals surface area (Å²) in [5.41, 5.74) is 5.41. The molecule has 0 radical (unpaired) electrons. The van der Waals surface area contributed by atoms with Gasteiger partial charge in [-0.3, -0.25) is 0 Å². The molecule has 2 bridgehead atoms. The minimum absolute atomic E-state index is 0.0532. The van der Waals surface area contributed by atoms with Crippen LogP contribution in [0.15, 0.2) is 36.5 Å². The van der Waals surface area contributed by atoms with Gasteiger partial charge in [-0.05, 0) is 63.5 Å². The van der Waals surface area contributed by atoms with Crippen LogP contribution < -0.4 is 4.90 Å². The van der Waals surface area contributed by atoms with E-state index in [4.69, 9.17) is 16.3 Å². The average molecular weight is 493 g/mol. The van der Waals surface area contributed by atoms with Crippen molar-refractivity contribution in [2.45, 2.75) is 76.2 Å². The number of fused-ring (bicyclic) bond motifs is 2. The molecule has 3 fully saturated rings. The van der Waals surface area contributed by atoms with Crippen LogP contribution in [0.1, 0.15) is 71.9 Å². The lowest BCUT2D eigenvalue weighted by Gasteiger charge is -2.39. The predicted molar refractivity (Wildman–Crippen MR) is 134 cm³/mol. The summed E-state index contributed by atoms with van der Waals surface area (Å²) in [6, 6.07) is 10.0. The fourth-order valence-electron chi connectivity index (χ4n) is 5.85. The van der Waals surface area contributed by atoms with E-state index in [1.165, 1.54) is 30.2 Å². The van der Waals surface area contributed by atoms with Gasteiger partial charge in [0.2, 0.25) is 5.95 Å². The number of aromatic carboxylic acids is 1. The first-order chi connectivity index (χ1) is 17.0. The molecule has 2 aliphatic heterocycles. The van der Waals surface area contributed by atoms with Gasteiger partial charge in [0.05, 0.1) is 12.7 Å². The summed E-state index contributed by atoms with van der Waals surface area (Å²) in [5.74, 6) is 0.107. The fraction of sp³-hybridized carbons (Fsp3) is 0.444. The Morgan fingerprint density at radius 3 is 2.57 bits per heavy atom. The number of rotatable bonds is 7. The summed E-state index contributed by atoms with van der Waals surface area (Å²) in [4.78, 5) is 26.2. The summed E-state index contributed by atoms with van der Waals surface area (Å²) in [6.45, 7) is 2.38. The summed E-state index contributed by atoms with van der Waals surface area (Å²) in [6.07, 6.45) is 8.53. The van der Waals surface area contributed by atoms with Gasteiger partial charge in [0, 0.05) is 51.4 Å². The van der Waals surface area contributed by atoms with E-state index in [0.29, 0.717) is 24.2 Å². The van der Waals surface area contributed by atoms with E-state index in [9.17, 15) is 9.90 Å². The smallest absolute Gasteiger partial charge is 0.354 e. The molecule has 0 spiro atoms. The first kappa shape index (κ1) is 22.6. The zero-order chi connectivity index (χ0) is 24.1. The average Bonchev–Trinajstić information content (AvgIpc) is 3.54. The van der Waals surface area contributed by atoms with Crippen molar-refractivity contribution < 1.29 is 14.6 Å². The first-order valence-electron chi connectivity index (χ1n) is 12.4. The van der Waals surface area contributed by atoms with Crippen LogP contribution in [0.5, 0.6) is 0 Å². The van der Waals surface area contributed by atoms with Crippen molar-refractivity contribution in [3.05, 3.63) is 64.2 Å². The van der Waals surface area contributed by atoms with Crippen LogP contribution in [0.25, 0.3) is 11.1 Å². The molecule has 8 heteroatoms. The van der Waals surface area contributed by atoms with Crippen LogP contribution in [0.4, 0.5) is 5.95 Å². The summed E-state index contributed by atoms with van der Waals surface area (Å²) < 4.78 is 6.57. The number of ether oxygens (including phenoxy) is 1. The van der Waals surface area contributed by atoms with Gasteiger partial charge in [0.15, 0.2) is 5.69 Å². The molecule has 3 aliphatic rings. The van der Waals surface area contributed by atoms with Crippen LogP contribution in [-0.2, 0) is 11.3 Å². The zero-order valence-corrected chi connectivity index (χ0v) is 20.5. The van der Waals surface area contributed by atoms with Gasteiger partial charge in [-0.15, -0.1) is 0 Å². The Kier molecular flexibility index (Phi) is 5.77. The van der Waals surface area contributed by atoms with Crippen LogP contribution in [0.2, 0.25) is 5.02 Å². The number of benzene rings is 1. The number of aromatic nitrogens is 3. The van der Waals surface area contributed by atoms with Gasteiger partial charge in [-0.2, -0.15) is 0 Å². The molecule has 2 atom stereocenters. The number of carboxylic acids is 1. The molecule has 4 heterocycles. The highest BCUT2D eigenvalue weighted by molar-refractivity contribution is 6.33. The van der Waals surface area contributed by atoms with Crippen LogP contribution in [0.3, 0.4) is 0 Å². The molecule has 7 nitrogen and oxygen atoms in total. The highest BCUT2D eigenvalue weighted by atomic mass is 35.5. The predicted octanol–water partition coefficient (Wildman–Crippen LogP) is 5.73. The maximum Gasteiger partial charge on any atom is 0.354 e. The number of halogens is 1. The maximum atomic E-state index is 11.5. The number of nitrogens with zero attached hydrogens (tertiary/aromatic N) is 3. The summed E-state index contributed by atoms with van der Waals surface area (Å²) in [7, 11) is 0. The highest BCUT2D eigenvalue weighted by Gasteiger charge is 2.43. The zero-order valence-electron chi connectivity index (χ0n) is 19.7. The Labute approximate surface area is 209 Å². The Morgan fingerprint density at radius 2 is 1.89 bits per heavy atom. The van der Waals surface area contributed by atoms with E-state index >= 15 is 0 Å². The SMILES string of the molecule is Cc1cc(C(=O)O)nc(N2C3CCC2CC(OCc2c(-c4ccccc4Cl)c[nH]c2C2CC2)C3)n1. The number of carbonyl (C=O) groups is 1. The number of piperidine rings is 1. The number of carboxylic acid groups (broad SMARTS) is 1. The molecule has 1 saturated carbocycles. The number of aromatic amines is 1. The van der Waals surface area contributed by atoms with Gasteiger partial charge in [0.1, 0.15) is 0 Å². The Bertz CT molecular complexity index is 1260. The van der Waals surface area contributed by atoms with Crippen LogP contribution in [0, 0.1) is 6.92 Å². The number of hydrogen-bond donors (Lipinski definition) is 2. The molecule has 0 amide bonds. The lowest BCUT2D eigenvalue weighted by atomic mass is 9.99. The van der Waals surface area contributed by atoms with Gasteiger partial charge in [-0.1, -0.05) is 29.8 Å². The van der Waals surface area contributed by atoms with Crippen molar-refractivity contribution >= 4 is 23.5 Å². The molecule has 35 heavy (non-hydrogen) atoms. The van der Waals surface area contributed by atoms with Gasteiger partial charge in [0.25, 0.3) is 0 Å². The summed E-state index contributed by atoms with van der Waals surface area (Å²) in [5, 5.41) is 10.2. The van der Waals surface area contributed by atoms with Gasteiger partial charge >= 0.3 is 5.97 Å². The second kappa shape index (κ2) is 8.95. The van der Waals surface area contributed by atoms with Crippen molar-refractivity contribution in [1.82, 2.24) is 15.0 Å². The monoisotopic (exact) mass is 492 g/mol. The van der Waals surface area contributed by atoms with E-state index in [1.807, 2.05) is 25.1 Å². The van der Waals surface area contributed by atoms with Crippen molar-refractivity contribution in [1.29, 1.82) is 0 Å². The minimum atomic E-state index is -1.02. The minimum Gasteiger partial charge on any atom is -0.477 e. The van der Waals surface area contributed by atoms with Crippen molar-refractivity contribution in [3.63, 3.8) is 0 Å². The number of anilines is 1. The van der Waals surface area contributed by atoms with Crippen LogP contribution >= 0.6 is 11.6 Å².